The number of amides is 9. The van der Waals surface area contributed by atoms with E-state index < -0.39 is 119 Å². The molecule has 6 rings (SSSR count). The maximum absolute atomic E-state index is 14.0. The first-order valence-corrected chi connectivity index (χ1v) is 42.6. The number of ether oxygens (including phenoxy) is 2. The van der Waals surface area contributed by atoms with Crippen LogP contribution in [0.1, 0.15) is 201 Å². The number of carbonyl (C=O) groups excluding carboxylic acids is 13. The lowest BCUT2D eigenvalue weighted by atomic mass is 9.87. The van der Waals surface area contributed by atoms with Crippen molar-refractivity contribution in [1.29, 1.82) is 0 Å². The summed E-state index contributed by atoms with van der Waals surface area (Å²) in [6, 6.07) is 30.5. The van der Waals surface area contributed by atoms with Gasteiger partial charge in [-0.05, 0) is 210 Å². The molecule has 0 aliphatic carbocycles. The molecule has 10 atom stereocenters. The van der Waals surface area contributed by atoms with Crippen LogP contribution in [0, 0.1) is 41.4 Å². The third kappa shape index (κ3) is 41.7. The van der Waals surface area contributed by atoms with Crippen molar-refractivity contribution in [3.63, 3.8) is 0 Å². The second kappa shape index (κ2) is 53.5. The zero-order chi connectivity index (χ0) is 89.9. The Bertz CT molecular complexity index is 3920. The van der Waals surface area contributed by atoms with Gasteiger partial charge in [0.25, 0.3) is 0 Å². The van der Waals surface area contributed by atoms with E-state index in [0.29, 0.717) is 96.8 Å². The predicted molar refractivity (Wildman–Crippen MR) is 463 cm³/mol. The van der Waals surface area contributed by atoms with Crippen LogP contribution in [0.5, 0.6) is 0 Å². The summed E-state index contributed by atoms with van der Waals surface area (Å²) in [4.78, 5) is 180. The Hall–Kier alpha value is -10.3. The number of nitrogens with two attached hydrogens (primary N) is 5. The smallest absolute Gasteiger partial charge is 0.408 e. The fourth-order valence-electron chi connectivity index (χ4n) is 14.2. The maximum atomic E-state index is 14.0. The summed E-state index contributed by atoms with van der Waals surface area (Å²) in [5.74, 6) is -7.68. The van der Waals surface area contributed by atoms with Crippen molar-refractivity contribution < 1.29 is 81.7 Å². The largest absolute Gasteiger partial charge is 0.480 e. The lowest BCUT2D eigenvalue weighted by molar-refractivity contribution is -0.143. The summed E-state index contributed by atoms with van der Waals surface area (Å²) >= 11 is 0. The van der Waals surface area contributed by atoms with Crippen molar-refractivity contribution in [3.8, 4) is 0 Å². The topological polar surface area (TPSA) is 495 Å². The third-order valence-corrected chi connectivity index (χ3v) is 20.6. The van der Waals surface area contributed by atoms with Gasteiger partial charge in [-0.15, -0.1) is 0 Å². The molecule has 0 aromatic heterocycles. The molecular weight excluding hydrogens is 1550 g/mol. The summed E-state index contributed by atoms with van der Waals surface area (Å²) in [6.45, 7) is 23.2. The maximum Gasteiger partial charge on any atom is 0.408 e. The number of carboxylic acid groups (broad SMARTS) is 1. The highest BCUT2D eigenvalue weighted by molar-refractivity contribution is 6.07. The van der Waals surface area contributed by atoms with E-state index in [1.165, 1.54) is 0 Å². The van der Waals surface area contributed by atoms with Crippen molar-refractivity contribution in [2.45, 2.75) is 258 Å². The SMILES string of the molecule is CC(C)(C)OC(=O)N[C@H](C(N)=O)C(=O)CC1CCNCC1.CC(C)C[C@@H](CC(=O)[C@@H](Cc1ccccc1)NC(=O)[C@H](C)Cc1ccccc1)C(=O)N[C@H](CCCCNC(=O)OC(C)(C)C)C(=O)O.CC(C)C[C@@H](CC(=O)[C@@H](Cc1ccccc1)NC(=O)[C@H](N)Cc1ccccc1)C(=O)N[C@H](CCCCN)C(=O)N1CCC(CC(=O)[C@H](N)C(N)=O)CC1. The number of rotatable bonds is 46. The third-order valence-electron chi connectivity index (χ3n) is 20.6. The molecule has 2 fully saturated rings. The lowest BCUT2D eigenvalue weighted by Gasteiger charge is -2.35. The van der Waals surface area contributed by atoms with Gasteiger partial charge in [0.1, 0.15) is 29.3 Å². The van der Waals surface area contributed by atoms with Gasteiger partial charge in [0, 0.05) is 63.1 Å². The Morgan fingerprint density at radius 1 is 0.471 bits per heavy atom. The van der Waals surface area contributed by atoms with Crippen molar-refractivity contribution >= 4 is 82.6 Å². The van der Waals surface area contributed by atoms with E-state index in [1.54, 1.807) is 46.4 Å². The Kier molecular flexibility index (Phi) is 45.5. The molecule has 0 unspecified atom stereocenters. The molecule has 121 heavy (non-hydrogen) atoms. The van der Waals surface area contributed by atoms with Crippen LogP contribution in [0.2, 0.25) is 0 Å². The number of nitrogens with zero attached hydrogens (tertiary/aromatic N) is 1. The first-order chi connectivity index (χ1) is 57.1. The molecule has 0 saturated carbocycles. The van der Waals surface area contributed by atoms with E-state index in [9.17, 15) is 72.2 Å². The van der Waals surface area contributed by atoms with Crippen LogP contribution in [-0.2, 0) is 92.7 Å². The average Bonchev–Trinajstić information content (AvgIpc) is 0.844. The number of carboxylic acids is 1. The summed E-state index contributed by atoms with van der Waals surface area (Å²) < 4.78 is 10.2. The first-order valence-electron chi connectivity index (χ1n) is 42.6. The van der Waals surface area contributed by atoms with Crippen molar-refractivity contribution in [2.24, 2.45) is 70.1 Å². The number of nitrogens with one attached hydrogen (secondary N) is 7. The fraction of sp³-hybridized carbons (Fsp3) is 0.582. The van der Waals surface area contributed by atoms with Crippen molar-refractivity contribution in [3.05, 3.63) is 144 Å². The van der Waals surface area contributed by atoms with E-state index in [0.717, 1.165) is 48.2 Å². The monoisotopic (exact) mass is 1680 g/mol. The van der Waals surface area contributed by atoms with Gasteiger partial charge in [0.05, 0.1) is 18.1 Å². The molecule has 2 aliphatic rings. The van der Waals surface area contributed by atoms with Crippen LogP contribution in [0.4, 0.5) is 9.59 Å². The Labute approximate surface area is 714 Å². The normalized spacial score (nSPS) is 15.6. The Balaban J connectivity index is 0.000000414. The van der Waals surface area contributed by atoms with E-state index in [-0.39, 0.29) is 104 Å². The molecule has 0 bridgehead atoms. The first kappa shape index (κ1) is 103. The van der Waals surface area contributed by atoms with E-state index >= 15 is 0 Å². The molecule has 4 aromatic rings. The van der Waals surface area contributed by atoms with Crippen LogP contribution < -0.4 is 65.9 Å². The number of piperidine rings is 2. The van der Waals surface area contributed by atoms with Crippen LogP contribution in [-0.4, -0.2) is 185 Å². The minimum absolute atomic E-state index is 0.0409. The molecule has 9 amide bonds. The molecule has 0 spiro atoms. The number of carbonyl (C=O) groups is 14. The highest BCUT2D eigenvalue weighted by atomic mass is 16.6. The van der Waals surface area contributed by atoms with Crippen LogP contribution in [0.25, 0.3) is 0 Å². The van der Waals surface area contributed by atoms with Crippen molar-refractivity contribution in [1.82, 2.24) is 42.1 Å². The number of alkyl carbamates (subject to hydrolysis) is 2. The van der Waals surface area contributed by atoms with Crippen molar-refractivity contribution in [2.75, 3.05) is 39.3 Å². The van der Waals surface area contributed by atoms with E-state index in [1.807, 2.05) is 156 Å². The summed E-state index contributed by atoms with van der Waals surface area (Å²) in [5.41, 5.74) is 30.3. The van der Waals surface area contributed by atoms with Gasteiger partial charge in [-0.1, -0.05) is 156 Å². The molecule has 4 aromatic carbocycles. The number of Topliss-reactive ketones (excluding diaryl/α,β-unsaturated/α-hetero) is 4. The van der Waals surface area contributed by atoms with Gasteiger partial charge in [-0.25, -0.2) is 14.4 Å². The minimum atomic E-state index is -1.34. The number of aliphatic carboxylic acids is 1. The molecule has 2 aliphatic heterocycles. The van der Waals surface area contributed by atoms with Gasteiger partial charge in [0.2, 0.25) is 41.4 Å². The lowest BCUT2D eigenvalue weighted by Crippen LogP contribution is -2.53. The molecular formula is C91H137N13O17. The number of unbranched alkanes of at least 4 members (excludes halogenated alkanes) is 2. The van der Waals surface area contributed by atoms with E-state index in [4.69, 9.17) is 38.1 Å². The number of likely N-dealkylation sites (tertiary alicyclic amines) is 1. The molecule has 2 saturated heterocycles. The van der Waals surface area contributed by atoms with Gasteiger partial charge < -0.3 is 85.4 Å². The Morgan fingerprint density at radius 2 is 0.876 bits per heavy atom. The quantitative estimate of drug-likeness (QED) is 0.0152. The zero-order valence-electron chi connectivity index (χ0n) is 72.8. The standard InChI is InChI=1S/C40H59N7O6.C37H53N3O7.C14H25N3O4/c1-26(2)21-30(25-34(48)33(23-28-13-7-4-8-14-28)46-39(52)31(42)22-27-11-5-3-6-12-27)38(51)45-32(15-9-10-18-41)40(53)47-19-16-29(17-20-47)24-35(49)36(43)37(44)50;1-25(2)21-29(34(43)39-30(35(44)45)19-13-14-20-38-36(46)47-37(4,5)6)24-32(41)31(23-28-17-11-8-12-18-28)40-33(42)26(3)22-27-15-9-7-10-16-27;1-14(2,3)21-13(20)17-11(12(15)19)10(18)8-9-4-6-16-7-5-9/h3-8,11-14,26,29-33,36H,9-10,15-25,41-43H2,1-2H3,(H2,44,50)(H,45,51)(H,46,52);7-12,15-18,25-26,29-31H,13-14,19-24H2,1-6H3,(H,38,46)(H,39,43)(H,40,42)(H,44,45);9,11,16H,4-8H2,1-3H3,(H2,15,19)(H,17,20)/t30-,31+,32+,33+,36-;26-,29+,30-,31-;11-/m010/s1. The van der Waals surface area contributed by atoms with Gasteiger partial charge in [0.15, 0.2) is 29.2 Å². The Morgan fingerprint density at radius 3 is 1.31 bits per heavy atom. The van der Waals surface area contributed by atoms with Gasteiger partial charge in [-0.2, -0.15) is 0 Å². The van der Waals surface area contributed by atoms with Crippen LogP contribution in [0.15, 0.2) is 121 Å². The van der Waals surface area contributed by atoms with E-state index in [2.05, 4.69) is 37.2 Å². The predicted octanol–water partition coefficient (Wildman–Crippen LogP) is 7.33. The molecule has 2 heterocycles. The zero-order valence-corrected chi connectivity index (χ0v) is 72.8. The summed E-state index contributed by atoms with van der Waals surface area (Å²) in [6.07, 6.45) is 6.41. The molecule has 18 N–H and O–H groups in total. The number of primary amides is 2. The second-order valence-corrected chi connectivity index (χ2v) is 34.7. The highest BCUT2D eigenvalue weighted by Gasteiger charge is 2.38. The molecule has 30 nitrogen and oxygen atoms in total. The number of hydrogen-bond acceptors (Lipinski definition) is 20. The van der Waals surface area contributed by atoms with Crippen LogP contribution >= 0.6 is 0 Å². The molecule has 30 heteroatoms. The molecule has 668 valence electrons. The second-order valence-electron chi connectivity index (χ2n) is 34.7. The number of ketones is 4. The molecule has 0 radical (unpaired) electrons. The highest BCUT2D eigenvalue weighted by Crippen LogP contribution is 2.26. The van der Waals surface area contributed by atoms with Crippen LogP contribution in [0.3, 0.4) is 0 Å². The summed E-state index contributed by atoms with van der Waals surface area (Å²) in [7, 11) is 0. The van der Waals surface area contributed by atoms with Gasteiger partial charge in [-0.3, -0.25) is 52.7 Å². The minimum Gasteiger partial charge on any atom is -0.480 e. The number of benzene rings is 4. The van der Waals surface area contributed by atoms with Gasteiger partial charge >= 0.3 is 18.2 Å². The fourth-order valence-corrected chi connectivity index (χ4v) is 14.2. The number of hydrogen-bond donors (Lipinski definition) is 13. The summed E-state index contributed by atoms with van der Waals surface area (Å²) in [5, 5.41) is 29.4. The average molecular weight is 1690 g/mol.